The molecule has 1 amide bonds. The van der Waals surface area contributed by atoms with Gasteiger partial charge in [-0.25, -0.2) is 13.8 Å². The van der Waals surface area contributed by atoms with E-state index in [2.05, 4.69) is 10.1 Å². The molecule has 142 valence electrons. The summed E-state index contributed by atoms with van der Waals surface area (Å²) in [5.41, 5.74) is 1.61. The second-order valence-corrected chi connectivity index (χ2v) is 7.51. The largest absolute Gasteiger partial charge is 0.345 e. The lowest BCUT2D eigenvalue weighted by Crippen LogP contribution is -2.49. The van der Waals surface area contributed by atoms with Crippen molar-refractivity contribution < 1.29 is 13.6 Å². The molecule has 1 saturated heterocycles. The van der Waals surface area contributed by atoms with E-state index in [0.29, 0.717) is 48.2 Å². The van der Waals surface area contributed by atoms with Crippen molar-refractivity contribution >= 4 is 32.6 Å². The second-order valence-electron chi connectivity index (χ2n) is 6.50. The Morgan fingerprint density at radius 2 is 1.93 bits per heavy atom. The molecule has 0 bridgehead atoms. The van der Waals surface area contributed by atoms with Gasteiger partial charge in [0.05, 0.1) is 10.4 Å². The zero-order valence-electron chi connectivity index (χ0n) is 15.1. The Balaban J connectivity index is 1.49. The third-order valence-electron chi connectivity index (χ3n) is 4.66. The molecule has 1 aliphatic rings. The van der Waals surface area contributed by atoms with Crippen LogP contribution in [-0.2, 0) is 6.54 Å². The topological polar surface area (TPSA) is 54.3 Å². The fourth-order valence-corrected chi connectivity index (χ4v) is 4.36. The quantitative estimate of drug-likeness (QED) is 0.689. The smallest absolute Gasteiger partial charge is 0.272 e. The highest BCUT2D eigenvalue weighted by Crippen LogP contribution is 2.31. The fraction of sp³-hybridized carbons (Fsp3) is 0.389. The molecule has 1 aromatic carbocycles. The number of benzene rings is 1. The molecular formula is C18H19F2N5OS. The van der Waals surface area contributed by atoms with Gasteiger partial charge in [-0.1, -0.05) is 11.3 Å². The van der Waals surface area contributed by atoms with Crippen molar-refractivity contribution in [3.05, 3.63) is 41.2 Å². The lowest BCUT2D eigenvalue weighted by atomic mass is 10.2. The van der Waals surface area contributed by atoms with E-state index >= 15 is 0 Å². The van der Waals surface area contributed by atoms with Gasteiger partial charge < -0.3 is 9.80 Å². The molecule has 4 rings (SSSR count). The Labute approximate surface area is 159 Å². The Kier molecular flexibility index (Phi) is 4.55. The predicted molar refractivity (Wildman–Crippen MR) is 100 cm³/mol. The summed E-state index contributed by atoms with van der Waals surface area (Å²) in [6.45, 7) is 6.73. The van der Waals surface area contributed by atoms with Gasteiger partial charge in [-0.05, 0) is 26.0 Å². The molecule has 1 aliphatic heterocycles. The number of piperazine rings is 1. The number of rotatable bonds is 3. The maximum absolute atomic E-state index is 13.9. The maximum Gasteiger partial charge on any atom is 0.272 e. The van der Waals surface area contributed by atoms with Gasteiger partial charge >= 0.3 is 0 Å². The number of fused-ring (bicyclic) bond motifs is 1. The highest BCUT2D eigenvalue weighted by atomic mass is 32.1. The van der Waals surface area contributed by atoms with Crippen molar-refractivity contribution in [3.63, 3.8) is 0 Å². The van der Waals surface area contributed by atoms with Gasteiger partial charge in [-0.15, -0.1) is 0 Å². The van der Waals surface area contributed by atoms with Crippen LogP contribution in [-0.4, -0.2) is 51.8 Å². The molecule has 3 heterocycles. The Morgan fingerprint density at radius 1 is 1.19 bits per heavy atom. The number of carbonyl (C=O) groups is 1. The fourth-order valence-electron chi connectivity index (χ4n) is 3.30. The molecule has 27 heavy (non-hydrogen) atoms. The van der Waals surface area contributed by atoms with Crippen LogP contribution < -0.4 is 4.90 Å². The van der Waals surface area contributed by atoms with Crippen molar-refractivity contribution in [1.82, 2.24) is 19.7 Å². The first-order chi connectivity index (χ1) is 13.0. The number of hydrogen-bond acceptors (Lipinski definition) is 5. The minimum Gasteiger partial charge on any atom is -0.345 e. The summed E-state index contributed by atoms with van der Waals surface area (Å²) in [4.78, 5) is 20.9. The third kappa shape index (κ3) is 3.27. The van der Waals surface area contributed by atoms with Gasteiger partial charge in [-0.2, -0.15) is 5.10 Å². The van der Waals surface area contributed by atoms with Crippen LogP contribution in [0.4, 0.5) is 13.9 Å². The second kappa shape index (κ2) is 6.88. The average molecular weight is 391 g/mol. The number of aryl methyl sites for hydroxylation is 2. The Morgan fingerprint density at radius 3 is 2.63 bits per heavy atom. The normalized spacial score (nSPS) is 15.0. The number of nitrogens with zero attached hydrogens (tertiary/aromatic N) is 5. The molecule has 9 heteroatoms. The third-order valence-corrected chi connectivity index (χ3v) is 5.72. The van der Waals surface area contributed by atoms with Gasteiger partial charge in [0.15, 0.2) is 10.9 Å². The van der Waals surface area contributed by atoms with Crippen LogP contribution in [0.25, 0.3) is 10.2 Å². The molecule has 0 unspecified atom stereocenters. The van der Waals surface area contributed by atoms with E-state index in [1.54, 1.807) is 9.58 Å². The Bertz CT molecular complexity index is 1010. The zero-order valence-corrected chi connectivity index (χ0v) is 15.9. The number of thiazole rings is 1. The number of carbonyl (C=O) groups excluding carboxylic acids is 1. The summed E-state index contributed by atoms with van der Waals surface area (Å²) < 4.78 is 29.5. The van der Waals surface area contributed by atoms with E-state index in [-0.39, 0.29) is 11.4 Å². The first-order valence-corrected chi connectivity index (χ1v) is 9.62. The van der Waals surface area contributed by atoms with Crippen molar-refractivity contribution in [3.8, 4) is 0 Å². The van der Waals surface area contributed by atoms with Crippen molar-refractivity contribution in [2.75, 3.05) is 31.1 Å². The zero-order chi connectivity index (χ0) is 19.1. The van der Waals surface area contributed by atoms with Crippen LogP contribution in [0.15, 0.2) is 18.2 Å². The first kappa shape index (κ1) is 17.8. The van der Waals surface area contributed by atoms with Gasteiger partial charge in [0.25, 0.3) is 5.91 Å². The van der Waals surface area contributed by atoms with Crippen LogP contribution in [0, 0.1) is 18.6 Å². The van der Waals surface area contributed by atoms with Crippen LogP contribution in [0.1, 0.15) is 23.1 Å². The van der Waals surface area contributed by atoms with E-state index in [9.17, 15) is 13.6 Å². The van der Waals surface area contributed by atoms with Crippen LogP contribution in [0.5, 0.6) is 0 Å². The summed E-state index contributed by atoms with van der Waals surface area (Å²) in [5, 5.41) is 4.98. The molecule has 0 aliphatic carbocycles. The van der Waals surface area contributed by atoms with Crippen LogP contribution >= 0.6 is 11.3 Å². The van der Waals surface area contributed by atoms with Gasteiger partial charge in [-0.3, -0.25) is 9.48 Å². The maximum atomic E-state index is 13.9. The van der Waals surface area contributed by atoms with Crippen molar-refractivity contribution in [2.24, 2.45) is 0 Å². The molecule has 3 aromatic rings. The number of amides is 1. The standard InChI is InChI=1S/C18H19F2N5OS/c1-3-25-14(8-11(2)22-25)17(26)23-4-6-24(7-5-23)18-21-16-13(20)9-12(19)10-15(16)27-18/h8-10H,3-7H2,1-2H3. The highest BCUT2D eigenvalue weighted by molar-refractivity contribution is 7.22. The van der Waals surface area contributed by atoms with Gasteiger partial charge in [0.2, 0.25) is 0 Å². The van der Waals surface area contributed by atoms with E-state index in [0.717, 1.165) is 11.8 Å². The molecule has 1 fully saturated rings. The molecule has 0 atom stereocenters. The summed E-state index contributed by atoms with van der Waals surface area (Å²) in [6.07, 6.45) is 0. The lowest BCUT2D eigenvalue weighted by Gasteiger charge is -2.34. The SMILES string of the molecule is CCn1nc(C)cc1C(=O)N1CCN(c2nc3c(F)cc(F)cc3s2)CC1. The van der Waals surface area contributed by atoms with Crippen molar-refractivity contribution in [1.29, 1.82) is 0 Å². The minimum atomic E-state index is -0.649. The van der Waals surface area contributed by atoms with Crippen LogP contribution in [0.2, 0.25) is 0 Å². The van der Waals surface area contributed by atoms with Crippen LogP contribution in [0.3, 0.4) is 0 Å². The molecule has 0 radical (unpaired) electrons. The van der Waals surface area contributed by atoms with E-state index < -0.39 is 11.6 Å². The lowest BCUT2D eigenvalue weighted by molar-refractivity contribution is 0.0734. The van der Waals surface area contributed by atoms with E-state index in [1.165, 1.54) is 17.4 Å². The number of anilines is 1. The summed E-state index contributed by atoms with van der Waals surface area (Å²) in [6, 6.07) is 3.96. The summed E-state index contributed by atoms with van der Waals surface area (Å²) in [5.74, 6) is -1.28. The van der Waals surface area contributed by atoms with Crippen molar-refractivity contribution in [2.45, 2.75) is 20.4 Å². The number of aromatic nitrogens is 3. The predicted octanol–water partition coefficient (Wildman–Crippen LogP) is 3.06. The molecule has 6 nitrogen and oxygen atoms in total. The minimum absolute atomic E-state index is 0.0329. The Hall–Kier alpha value is -2.55. The molecule has 2 aromatic heterocycles. The first-order valence-electron chi connectivity index (χ1n) is 8.80. The molecule has 0 spiro atoms. The van der Waals surface area contributed by atoms with Gasteiger partial charge in [0.1, 0.15) is 17.0 Å². The summed E-state index contributed by atoms with van der Waals surface area (Å²) in [7, 11) is 0. The molecule has 0 saturated carbocycles. The van der Waals surface area contributed by atoms with Gasteiger partial charge in [0, 0.05) is 38.8 Å². The summed E-state index contributed by atoms with van der Waals surface area (Å²) >= 11 is 1.26. The molecule has 0 N–H and O–H groups in total. The van der Waals surface area contributed by atoms with E-state index in [1.807, 2.05) is 24.8 Å². The average Bonchev–Trinajstić information content (AvgIpc) is 3.24. The number of hydrogen-bond donors (Lipinski definition) is 0. The monoisotopic (exact) mass is 391 g/mol. The molecular weight excluding hydrogens is 372 g/mol. The number of halogens is 2. The van der Waals surface area contributed by atoms with E-state index in [4.69, 9.17) is 0 Å². The highest BCUT2D eigenvalue weighted by Gasteiger charge is 2.26.